The number of likely N-dealkylation sites (N-methyl/N-ethyl adjacent to an activating group) is 1. The highest BCUT2D eigenvalue weighted by molar-refractivity contribution is 5.94. The van der Waals surface area contributed by atoms with Crippen molar-refractivity contribution in [2.24, 2.45) is 5.73 Å². The van der Waals surface area contributed by atoms with Crippen LogP contribution in [0.1, 0.15) is 36.7 Å². The van der Waals surface area contributed by atoms with Crippen molar-refractivity contribution in [2.45, 2.75) is 33.4 Å². The molecule has 0 spiro atoms. The molecule has 0 radical (unpaired) electrons. The Morgan fingerprint density at radius 3 is 2.32 bits per heavy atom. The number of nitrogens with zero attached hydrogens (tertiary/aromatic N) is 1. The number of carbonyl (C=O) groups excluding carboxylic acids is 1. The molecule has 4 nitrogen and oxygen atoms in total. The third-order valence-corrected chi connectivity index (χ3v) is 3.26. The summed E-state index contributed by atoms with van der Waals surface area (Å²) in [5, 5.41) is 3.02. The molecule has 1 atom stereocenters. The Morgan fingerprint density at radius 1 is 1.26 bits per heavy atom. The van der Waals surface area contributed by atoms with Gasteiger partial charge in [0.2, 0.25) is 0 Å². The van der Waals surface area contributed by atoms with Crippen molar-refractivity contribution in [3.63, 3.8) is 0 Å². The molecule has 0 aliphatic heterocycles. The van der Waals surface area contributed by atoms with E-state index in [-0.39, 0.29) is 11.9 Å². The third-order valence-electron chi connectivity index (χ3n) is 3.26. The average Bonchev–Trinajstić information content (AvgIpc) is 2.44. The van der Waals surface area contributed by atoms with Gasteiger partial charge in [-0.2, -0.15) is 0 Å². The first kappa shape index (κ1) is 15.7. The lowest BCUT2D eigenvalue weighted by Crippen LogP contribution is -2.41. The van der Waals surface area contributed by atoms with Crippen LogP contribution in [-0.2, 0) is 6.54 Å². The lowest BCUT2D eigenvalue weighted by Gasteiger charge is -2.23. The first-order chi connectivity index (χ1) is 9.10. The molecule has 1 amide bonds. The molecule has 106 valence electrons. The van der Waals surface area contributed by atoms with Crippen LogP contribution in [0.2, 0.25) is 0 Å². The largest absolute Gasteiger partial charge is 0.348 e. The van der Waals surface area contributed by atoms with E-state index in [0.29, 0.717) is 12.1 Å². The molecule has 0 bridgehead atoms. The second-order valence-electron chi connectivity index (χ2n) is 4.76. The smallest absolute Gasteiger partial charge is 0.251 e. The van der Waals surface area contributed by atoms with E-state index >= 15 is 0 Å². The van der Waals surface area contributed by atoms with Crippen molar-refractivity contribution in [1.82, 2.24) is 10.2 Å². The Balaban J connectivity index is 2.53. The zero-order valence-corrected chi connectivity index (χ0v) is 12.1. The summed E-state index contributed by atoms with van der Waals surface area (Å²) in [6, 6.07) is 7.57. The molecule has 0 saturated heterocycles. The summed E-state index contributed by atoms with van der Waals surface area (Å²) in [6.45, 7) is 9.67. The van der Waals surface area contributed by atoms with Gasteiger partial charge in [0.05, 0.1) is 0 Å². The number of hydrogen-bond donors (Lipinski definition) is 2. The first-order valence-electron chi connectivity index (χ1n) is 6.92. The highest BCUT2D eigenvalue weighted by atomic mass is 16.1. The van der Waals surface area contributed by atoms with E-state index in [1.54, 1.807) is 0 Å². The molecule has 1 rings (SSSR count). The highest BCUT2D eigenvalue weighted by Crippen LogP contribution is 2.04. The van der Waals surface area contributed by atoms with E-state index in [0.717, 1.165) is 25.2 Å². The van der Waals surface area contributed by atoms with E-state index in [9.17, 15) is 4.79 Å². The predicted octanol–water partition coefficient (Wildman–Crippen LogP) is 1.61. The number of nitrogens with one attached hydrogen (secondary N) is 1. The lowest BCUT2D eigenvalue weighted by atomic mass is 10.1. The van der Waals surface area contributed by atoms with Crippen molar-refractivity contribution in [1.29, 1.82) is 0 Å². The van der Waals surface area contributed by atoms with Crippen LogP contribution in [0.4, 0.5) is 0 Å². The van der Waals surface area contributed by atoms with Gasteiger partial charge in [-0.25, -0.2) is 0 Å². The van der Waals surface area contributed by atoms with Crippen molar-refractivity contribution in [2.75, 3.05) is 19.6 Å². The maximum atomic E-state index is 12.1. The Hall–Kier alpha value is -1.39. The molecule has 0 heterocycles. The maximum Gasteiger partial charge on any atom is 0.251 e. The highest BCUT2D eigenvalue weighted by Gasteiger charge is 2.11. The van der Waals surface area contributed by atoms with Gasteiger partial charge in [-0.3, -0.25) is 4.79 Å². The molecule has 1 aromatic rings. The standard InChI is InChI=1S/C15H25N3O/c1-4-18(5-2)11-12(3)17-15(19)14-8-6-13(10-16)7-9-14/h6-9,12H,4-5,10-11,16H2,1-3H3,(H,17,19). The molecule has 0 aromatic heterocycles. The number of hydrogen-bond acceptors (Lipinski definition) is 3. The van der Waals surface area contributed by atoms with E-state index in [1.165, 1.54) is 0 Å². The van der Waals surface area contributed by atoms with E-state index in [2.05, 4.69) is 24.1 Å². The monoisotopic (exact) mass is 263 g/mol. The van der Waals surface area contributed by atoms with E-state index < -0.39 is 0 Å². The molecule has 1 unspecified atom stereocenters. The minimum absolute atomic E-state index is 0.0248. The molecule has 19 heavy (non-hydrogen) atoms. The van der Waals surface area contributed by atoms with Gasteiger partial charge in [-0.1, -0.05) is 26.0 Å². The van der Waals surface area contributed by atoms with Gasteiger partial charge >= 0.3 is 0 Å². The SMILES string of the molecule is CCN(CC)CC(C)NC(=O)c1ccc(CN)cc1. The molecule has 3 N–H and O–H groups in total. The molecule has 4 heteroatoms. The van der Waals surface area contributed by atoms with E-state index in [4.69, 9.17) is 5.73 Å². The molecule has 0 aliphatic carbocycles. The summed E-state index contributed by atoms with van der Waals surface area (Å²) in [4.78, 5) is 14.3. The van der Waals surface area contributed by atoms with Crippen molar-refractivity contribution in [3.8, 4) is 0 Å². The van der Waals surface area contributed by atoms with Crippen molar-refractivity contribution < 1.29 is 4.79 Å². The van der Waals surface area contributed by atoms with Crippen LogP contribution in [0.15, 0.2) is 24.3 Å². The molecule has 0 fully saturated rings. The van der Waals surface area contributed by atoms with Gasteiger partial charge in [0.25, 0.3) is 5.91 Å². The molecule has 1 aromatic carbocycles. The normalized spacial score (nSPS) is 12.5. The molecule has 0 saturated carbocycles. The Morgan fingerprint density at radius 2 is 1.84 bits per heavy atom. The Bertz CT molecular complexity index is 385. The van der Waals surface area contributed by atoms with Gasteiger partial charge in [0, 0.05) is 24.7 Å². The van der Waals surface area contributed by atoms with Crippen molar-refractivity contribution in [3.05, 3.63) is 35.4 Å². The quantitative estimate of drug-likeness (QED) is 0.785. The van der Waals surface area contributed by atoms with Crippen LogP contribution in [0.5, 0.6) is 0 Å². The predicted molar refractivity (Wildman–Crippen MR) is 79.0 cm³/mol. The van der Waals surface area contributed by atoms with Gasteiger partial charge in [0.1, 0.15) is 0 Å². The van der Waals surface area contributed by atoms with Gasteiger partial charge in [-0.15, -0.1) is 0 Å². The second kappa shape index (κ2) is 7.92. The number of benzene rings is 1. The summed E-state index contributed by atoms with van der Waals surface area (Å²) in [6.07, 6.45) is 0. The summed E-state index contributed by atoms with van der Waals surface area (Å²) >= 11 is 0. The number of rotatable bonds is 7. The van der Waals surface area contributed by atoms with Crippen LogP contribution in [0.25, 0.3) is 0 Å². The van der Waals surface area contributed by atoms with Crippen LogP contribution in [-0.4, -0.2) is 36.5 Å². The van der Waals surface area contributed by atoms with Crippen LogP contribution < -0.4 is 11.1 Å². The van der Waals surface area contributed by atoms with Crippen LogP contribution >= 0.6 is 0 Å². The summed E-state index contributed by atoms with van der Waals surface area (Å²) < 4.78 is 0. The fraction of sp³-hybridized carbons (Fsp3) is 0.533. The minimum atomic E-state index is -0.0248. The summed E-state index contributed by atoms with van der Waals surface area (Å²) in [5.41, 5.74) is 7.25. The number of amides is 1. The van der Waals surface area contributed by atoms with Gasteiger partial charge < -0.3 is 16.0 Å². The molecular formula is C15H25N3O. The summed E-state index contributed by atoms with van der Waals surface area (Å²) in [5.74, 6) is -0.0248. The number of nitrogens with two attached hydrogens (primary N) is 1. The molecular weight excluding hydrogens is 238 g/mol. The van der Waals surface area contributed by atoms with Gasteiger partial charge in [0.15, 0.2) is 0 Å². The maximum absolute atomic E-state index is 12.1. The zero-order valence-electron chi connectivity index (χ0n) is 12.1. The Kier molecular flexibility index (Phi) is 6.53. The Labute approximate surface area is 116 Å². The fourth-order valence-electron chi connectivity index (χ4n) is 2.01. The van der Waals surface area contributed by atoms with Gasteiger partial charge in [-0.05, 0) is 37.7 Å². The average molecular weight is 263 g/mol. The lowest BCUT2D eigenvalue weighted by molar-refractivity contribution is 0.0930. The second-order valence-corrected chi connectivity index (χ2v) is 4.76. The fourth-order valence-corrected chi connectivity index (χ4v) is 2.01. The zero-order chi connectivity index (χ0) is 14.3. The number of carbonyl (C=O) groups is 1. The summed E-state index contributed by atoms with van der Waals surface area (Å²) in [7, 11) is 0. The van der Waals surface area contributed by atoms with Crippen LogP contribution in [0, 0.1) is 0 Å². The molecule has 0 aliphatic rings. The van der Waals surface area contributed by atoms with Crippen molar-refractivity contribution >= 4 is 5.91 Å². The van der Waals surface area contributed by atoms with E-state index in [1.807, 2.05) is 31.2 Å². The van der Waals surface area contributed by atoms with Crippen LogP contribution in [0.3, 0.4) is 0 Å². The topological polar surface area (TPSA) is 58.4 Å². The minimum Gasteiger partial charge on any atom is -0.348 e. The third kappa shape index (κ3) is 5.01. The first-order valence-corrected chi connectivity index (χ1v) is 6.92.